The molecule has 200 valence electrons. The average Bonchev–Trinajstić information content (AvgIpc) is 2.99. The van der Waals surface area contributed by atoms with Crippen molar-refractivity contribution < 1.29 is 19.1 Å². The molecule has 39 heavy (non-hydrogen) atoms. The minimum absolute atomic E-state index is 0.120. The first-order valence-electron chi connectivity index (χ1n) is 13.0. The van der Waals surface area contributed by atoms with Crippen molar-refractivity contribution in [2.45, 2.75) is 32.0 Å². The summed E-state index contributed by atoms with van der Waals surface area (Å²) in [5.74, 6) is 1.09. The molecular formula is C33H34N2O4. The quantitative estimate of drug-likeness (QED) is 0.278. The molecule has 0 aliphatic rings. The summed E-state index contributed by atoms with van der Waals surface area (Å²) in [7, 11) is 3.23. The summed E-state index contributed by atoms with van der Waals surface area (Å²) in [5.41, 5.74) is 3.65. The Morgan fingerprint density at radius 3 is 1.97 bits per heavy atom. The Kier molecular flexibility index (Phi) is 9.73. The monoisotopic (exact) mass is 522 g/mol. The lowest BCUT2D eigenvalue weighted by Gasteiger charge is -2.32. The third-order valence-electron chi connectivity index (χ3n) is 6.63. The summed E-state index contributed by atoms with van der Waals surface area (Å²) in [4.78, 5) is 29.4. The lowest BCUT2D eigenvalue weighted by Crippen LogP contribution is -2.50. The predicted octanol–water partition coefficient (Wildman–Crippen LogP) is 5.20. The highest BCUT2D eigenvalue weighted by atomic mass is 16.5. The Labute approximate surface area is 230 Å². The van der Waals surface area contributed by atoms with Crippen LogP contribution in [-0.2, 0) is 35.5 Å². The molecule has 0 bridgehead atoms. The van der Waals surface area contributed by atoms with Crippen LogP contribution in [0.15, 0.2) is 109 Å². The van der Waals surface area contributed by atoms with E-state index in [1.165, 1.54) is 0 Å². The maximum absolute atomic E-state index is 13.9. The van der Waals surface area contributed by atoms with Gasteiger partial charge >= 0.3 is 0 Å². The molecule has 1 N–H and O–H groups in total. The molecule has 0 spiro atoms. The fraction of sp³-hybridized carbons (Fsp3) is 0.212. The maximum Gasteiger partial charge on any atom is 0.243 e. The first-order chi connectivity index (χ1) is 19.1. The van der Waals surface area contributed by atoms with Crippen molar-refractivity contribution in [3.8, 4) is 11.5 Å². The molecule has 0 saturated carbocycles. The van der Waals surface area contributed by atoms with Gasteiger partial charge in [0, 0.05) is 25.1 Å². The highest BCUT2D eigenvalue weighted by Crippen LogP contribution is 2.20. The molecule has 2 amide bonds. The molecule has 0 aliphatic heterocycles. The van der Waals surface area contributed by atoms with Crippen molar-refractivity contribution in [2.75, 3.05) is 14.2 Å². The number of ether oxygens (including phenoxy) is 2. The van der Waals surface area contributed by atoms with E-state index < -0.39 is 6.04 Å². The number of carbonyl (C=O) groups excluding carboxylic acids is 2. The number of amides is 2. The Morgan fingerprint density at radius 2 is 1.33 bits per heavy atom. The van der Waals surface area contributed by atoms with Crippen LogP contribution in [0.1, 0.15) is 22.3 Å². The van der Waals surface area contributed by atoms with E-state index in [2.05, 4.69) is 5.32 Å². The van der Waals surface area contributed by atoms with E-state index in [1.807, 2.05) is 109 Å². The van der Waals surface area contributed by atoms with Gasteiger partial charge in [-0.25, -0.2) is 0 Å². The van der Waals surface area contributed by atoms with Crippen molar-refractivity contribution in [1.82, 2.24) is 10.2 Å². The molecule has 0 aromatic heterocycles. The van der Waals surface area contributed by atoms with Crippen LogP contribution in [0.3, 0.4) is 0 Å². The molecule has 4 aromatic carbocycles. The van der Waals surface area contributed by atoms with Gasteiger partial charge in [-0.15, -0.1) is 0 Å². The van der Waals surface area contributed by atoms with Crippen molar-refractivity contribution in [3.63, 3.8) is 0 Å². The largest absolute Gasteiger partial charge is 0.497 e. The number of methoxy groups -OCH3 is 2. The molecule has 4 aromatic rings. The number of rotatable bonds is 12. The summed E-state index contributed by atoms with van der Waals surface area (Å²) >= 11 is 0. The van der Waals surface area contributed by atoms with Gasteiger partial charge in [-0.1, -0.05) is 91.0 Å². The summed E-state index contributed by atoms with van der Waals surface area (Å²) in [5, 5.41) is 3.06. The molecule has 1 unspecified atom stereocenters. The van der Waals surface area contributed by atoms with E-state index in [9.17, 15) is 9.59 Å². The van der Waals surface area contributed by atoms with Gasteiger partial charge in [-0.3, -0.25) is 9.59 Å². The minimum atomic E-state index is -0.722. The zero-order valence-electron chi connectivity index (χ0n) is 22.4. The van der Waals surface area contributed by atoms with Crippen LogP contribution < -0.4 is 14.8 Å². The SMILES string of the molecule is COc1ccc(CN(C(=O)Cc2ccccc2)C(Cc2ccccc2)C(=O)NCc2ccccc2OC)cc1. The lowest BCUT2D eigenvalue weighted by molar-refractivity contribution is -0.140. The standard InChI is InChI=1S/C33H34N2O4/c1-38-29-19-17-27(18-20-29)24-35(32(36)22-26-13-7-4-8-14-26)30(21-25-11-5-3-6-12-25)33(37)34-23-28-15-9-10-16-31(28)39-2/h3-20,30H,21-24H2,1-2H3,(H,34,37). The van der Waals surface area contributed by atoms with Gasteiger partial charge in [0.1, 0.15) is 17.5 Å². The Hall–Kier alpha value is -4.58. The van der Waals surface area contributed by atoms with E-state index in [0.717, 1.165) is 28.0 Å². The molecule has 4 rings (SSSR count). The molecule has 0 heterocycles. The molecule has 0 saturated heterocycles. The first-order valence-corrected chi connectivity index (χ1v) is 13.0. The van der Waals surface area contributed by atoms with Gasteiger partial charge in [0.05, 0.1) is 20.6 Å². The number of hydrogen-bond donors (Lipinski definition) is 1. The zero-order valence-corrected chi connectivity index (χ0v) is 22.4. The fourth-order valence-corrected chi connectivity index (χ4v) is 4.50. The molecule has 0 aliphatic carbocycles. The summed E-state index contributed by atoms with van der Waals surface area (Å²) in [6, 6.07) is 33.8. The average molecular weight is 523 g/mol. The van der Waals surface area contributed by atoms with Crippen LogP contribution in [-0.4, -0.2) is 37.0 Å². The number of benzene rings is 4. The smallest absolute Gasteiger partial charge is 0.243 e. The van der Waals surface area contributed by atoms with E-state index in [0.29, 0.717) is 12.2 Å². The molecule has 6 nitrogen and oxygen atoms in total. The fourth-order valence-electron chi connectivity index (χ4n) is 4.50. The summed E-state index contributed by atoms with van der Waals surface area (Å²) in [6.07, 6.45) is 0.581. The van der Waals surface area contributed by atoms with Gasteiger partial charge in [0.2, 0.25) is 11.8 Å². The predicted molar refractivity (Wildman–Crippen MR) is 152 cm³/mol. The van der Waals surface area contributed by atoms with Crippen molar-refractivity contribution in [3.05, 3.63) is 131 Å². The maximum atomic E-state index is 13.9. The Balaban J connectivity index is 1.65. The lowest BCUT2D eigenvalue weighted by atomic mass is 10.0. The highest BCUT2D eigenvalue weighted by Gasteiger charge is 2.30. The highest BCUT2D eigenvalue weighted by molar-refractivity contribution is 5.88. The first kappa shape index (κ1) is 27.5. The number of nitrogens with one attached hydrogen (secondary N) is 1. The Morgan fingerprint density at radius 1 is 0.718 bits per heavy atom. The molecular weight excluding hydrogens is 488 g/mol. The van der Waals surface area contributed by atoms with Gasteiger partial charge in [0.15, 0.2) is 0 Å². The van der Waals surface area contributed by atoms with Gasteiger partial charge < -0.3 is 19.7 Å². The minimum Gasteiger partial charge on any atom is -0.497 e. The van der Waals surface area contributed by atoms with E-state index in [1.54, 1.807) is 19.1 Å². The van der Waals surface area contributed by atoms with Crippen molar-refractivity contribution >= 4 is 11.8 Å². The van der Waals surface area contributed by atoms with E-state index in [-0.39, 0.29) is 31.3 Å². The van der Waals surface area contributed by atoms with Gasteiger partial charge in [-0.2, -0.15) is 0 Å². The Bertz CT molecular complexity index is 1340. The summed E-state index contributed by atoms with van der Waals surface area (Å²) in [6.45, 7) is 0.576. The molecule has 6 heteroatoms. The zero-order chi connectivity index (χ0) is 27.5. The second-order valence-corrected chi connectivity index (χ2v) is 9.27. The van der Waals surface area contributed by atoms with Crippen LogP contribution >= 0.6 is 0 Å². The van der Waals surface area contributed by atoms with Gasteiger partial charge in [-0.05, 0) is 34.9 Å². The van der Waals surface area contributed by atoms with Crippen molar-refractivity contribution in [1.29, 1.82) is 0 Å². The number of carbonyl (C=O) groups is 2. The summed E-state index contributed by atoms with van der Waals surface area (Å²) < 4.78 is 10.8. The third kappa shape index (κ3) is 7.71. The van der Waals surface area contributed by atoms with Crippen LogP contribution in [0, 0.1) is 0 Å². The van der Waals surface area contributed by atoms with Crippen LogP contribution in [0.2, 0.25) is 0 Å². The number of hydrogen-bond acceptors (Lipinski definition) is 4. The number of nitrogens with zero attached hydrogens (tertiary/aromatic N) is 1. The van der Waals surface area contributed by atoms with Crippen LogP contribution in [0.4, 0.5) is 0 Å². The molecule has 0 radical (unpaired) electrons. The van der Waals surface area contributed by atoms with E-state index in [4.69, 9.17) is 9.47 Å². The normalized spacial score (nSPS) is 11.3. The number of para-hydroxylation sites is 1. The molecule has 0 fully saturated rings. The topological polar surface area (TPSA) is 67.9 Å². The second-order valence-electron chi connectivity index (χ2n) is 9.27. The van der Waals surface area contributed by atoms with Gasteiger partial charge in [0.25, 0.3) is 0 Å². The second kappa shape index (κ2) is 13.8. The van der Waals surface area contributed by atoms with Crippen LogP contribution in [0.25, 0.3) is 0 Å². The van der Waals surface area contributed by atoms with E-state index >= 15 is 0 Å². The molecule has 1 atom stereocenters. The van der Waals surface area contributed by atoms with Crippen LogP contribution in [0.5, 0.6) is 11.5 Å². The van der Waals surface area contributed by atoms with Crippen molar-refractivity contribution in [2.24, 2.45) is 0 Å². The third-order valence-corrected chi connectivity index (χ3v) is 6.63.